The van der Waals surface area contributed by atoms with Gasteiger partial charge in [0.15, 0.2) is 0 Å². The third-order valence-corrected chi connectivity index (χ3v) is 4.91. The molecule has 0 radical (unpaired) electrons. The third-order valence-electron chi connectivity index (χ3n) is 4.44. The first-order valence-corrected chi connectivity index (χ1v) is 10.9. The molecule has 32 heavy (non-hydrogen) atoms. The summed E-state index contributed by atoms with van der Waals surface area (Å²) >= 11 is 11.9. The number of nitrogens with one attached hydrogen (secondary N) is 2. The van der Waals surface area contributed by atoms with Gasteiger partial charge in [0.2, 0.25) is 0 Å². The maximum atomic E-state index is 10.1. The molecule has 0 unspecified atom stereocenters. The number of rotatable bonds is 12. The maximum Gasteiger partial charge on any atom is 0.119 e. The Morgan fingerprint density at radius 1 is 0.656 bits per heavy atom. The van der Waals surface area contributed by atoms with Gasteiger partial charge in [-0.2, -0.15) is 0 Å². The van der Waals surface area contributed by atoms with Crippen LogP contribution in [-0.2, 0) is 0 Å². The van der Waals surface area contributed by atoms with Crippen molar-refractivity contribution in [2.24, 2.45) is 0 Å². The molecule has 0 heterocycles. The van der Waals surface area contributed by atoms with E-state index in [-0.39, 0.29) is 13.2 Å². The monoisotopic (exact) mass is 476 g/mol. The fourth-order valence-corrected chi connectivity index (χ4v) is 3.18. The van der Waals surface area contributed by atoms with Gasteiger partial charge in [-0.3, -0.25) is 0 Å². The highest BCUT2D eigenvalue weighted by Crippen LogP contribution is 2.19. The molecule has 0 saturated carbocycles. The van der Waals surface area contributed by atoms with E-state index in [2.05, 4.69) is 10.6 Å². The van der Waals surface area contributed by atoms with Crippen LogP contribution >= 0.6 is 23.2 Å². The van der Waals surface area contributed by atoms with E-state index in [9.17, 15) is 10.2 Å². The molecule has 0 amide bonds. The van der Waals surface area contributed by atoms with Crippen molar-refractivity contribution in [3.8, 4) is 11.5 Å². The van der Waals surface area contributed by atoms with Crippen LogP contribution in [0.2, 0.25) is 10.0 Å². The van der Waals surface area contributed by atoms with Crippen molar-refractivity contribution in [1.29, 1.82) is 0 Å². The van der Waals surface area contributed by atoms with E-state index < -0.39 is 12.2 Å². The highest BCUT2D eigenvalue weighted by Gasteiger charge is 2.08. The Morgan fingerprint density at radius 2 is 1.06 bits per heavy atom. The fraction of sp³-hybridized carbons (Fsp3) is 0.250. The van der Waals surface area contributed by atoms with Gasteiger partial charge >= 0.3 is 0 Å². The standard InChI is InChI=1S/C24H26Cl2N2O4/c25-17-3-1-5-19(11-17)27-13-21(29)15-31-23-7-9-24(10-8-23)32-16-22(30)14-28-20-6-2-4-18(26)12-20/h1-12,21-22,27-30H,13-16H2/t21-,22+. The van der Waals surface area contributed by atoms with E-state index in [1.807, 2.05) is 24.3 Å². The molecule has 3 aromatic rings. The SMILES string of the molecule is O[C@H](CNc1cccc(Cl)c1)COc1ccc(OC[C@@H](O)CNc2cccc(Cl)c2)cc1. The minimum absolute atomic E-state index is 0.141. The van der Waals surface area contributed by atoms with Crippen LogP contribution in [0.4, 0.5) is 11.4 Å². The van der Waals surface area contributed by atoms with Gasteiger partial charge in [0.05, 0.1) is 0 Å². The molecule has 0 saturated heterocycles. The smallest absolute Gasteiger partial charge is 0.119 e. The van der Waals surface area contributed by atoms with Gasteiger partial charge in [-0.15, -0.1) is 0 Å². The summed E-state index contributed by atoms with van der Waals surface area (Å²) in [5.74, 6) is 1.23. The number of aliphatic hydroxyl groups is 2. The average Bonchev–Trinajstić information content (AvgIpc) is 2.79. The van der Waals surface area contributed by atoms with Crippen LogP contribution < -0.4 is 20.1 Å². The molecule has 0 aliphatic carbocycles. The number of hydrogen-bond donors (Lipinski definition) is 4. The molecule has 0 fully saturated rings. The van der Waals surface area contributed by atoms with E-state index in [4.69, 9.17) is 32.7 Å². The van der Waals surface area contributed by atoms with E-state index in [0.29, 0.717) is 34.6 Å². The second kappa shape index (κ2) is 12.4. The number of halogens is 2. The molecule has 6 nitrogen and oxygen atoms in total. The Kier molecular flexibility index (Phi) is 9.31. The average molecular weight is 477 g/mol. The van der Waals surface area contributed by atoms with Crippen molar-refractivity contribution in [1.82, 2.24) is 0 Å². The number of ether oxygens (including phenoxy) is 2. The lowest BCUT2D eigenvalue weighted by molar-refractivity contribution is 0.115. The number of anilines is 2. The summed E-state index contributed by atoms with van der Waals surface area (Å²) in [6.45, 7) is 0.953. The second-order valence-corrected chi connectivity index (χ2v) is 8.06. The lowest BCUT2D eigenvalue weighted by atomic mass is 10.3. The fourth-order valence-electron chi connectivity index (χ4n) is 2.80. The van der Waals surface area contributed by atoms with Crippen LogP contribution in [0.25, 0.3) is 0 Å². The van der Waals surface area contributed by atoms with Crippen molar-refractivity contribution in [2.45, 2.75) is 12.2 Å². The molecule has 0 aliphatic heterocycles. The van der Waals surface area contributed by atoms with Gasteiger partial charge < -0.3 is 30.3 Å². The van der Waals surface area contributed by atoms with Crippen LogP contribution in [0.1, 0.15) is 0 Å². The maximum absolute atomic E-state index is 10.1. The second-order valence-electron chi connectivity index (χ2n) is 7.18. The highest BCUT2D eigenvalue weighted by atomic mass is 35.5. The number of aliphatic hydroxyl groups excluding tert-OH is 2. The van der Waals surface area contributed by atoms with Crippen LogP contribution in [0, 0.1) is 0 Å². The Morgan fingerprint density at radius 3 is 1.44 bits per heavy atom. The molecule has 3 aromatic carbocycles. The molecule has 170 valence electrons. The molecule has 3 rings (SSSR count). The van der Waals surface area contributed by atoms with E-state index in [1.54, 1.807) is 48.5 Å². The molecular weight excluding hydrogens is 451 g/mol. The molecule has 0 bridgehead atoms. The first kappa shape index (κ1) is 24.0. The van der Waals surface area contributed by atoms with Crippen molar-refractivity contribution in [3.63, 3.8) is 0 Å². The van der Waals surface area contributed by atoms with Gasteiger partial charge in [0.25, 0.3) is 0 Å². The molecule has 4 N–H and O–H groups in total. The number of benzene rings is 3. The van der Waals surface area contributed by atoms with Crippen LogP contribution in [-0.4, -0.2) is 48.7 Å². The van der Waals surface area contributed by atoms with Gasteiger partial charge in [0.1, 0.15) is 36.9 Å². The van der Waals surface area contributed by atoms with Gasteiger partial charge in [-0.25, -0.2) is 0 Å². The largest absolute Gasteiger partial charge is 0.491 e. The molecule has 0 aliphatic rings. The minimum atomic E-state index is -0.688. The van der Waals surface area contributed by atoms with Crippen molar-refractivity contribution in [2.75, 3.05) is 36.9 Å². The zero-order chi connectivity index (χ0) is 22.8. The predicted octanol–water partition coefficient (Wildman–Crippen LogP) is 4.70. The first-order chi connectivity index (χ1) is 15.5. The van der Waals surface area contributed by atoms with Gasteiger partial charge in [0, 0.05) is 34.5 Å². The summed E-state index contributed by atoms with van der Waals surface area (Å²) in [7, 11) is 0. The Balaban J connectivity index is 1.34. The summed E-state index contributed by atoms with van der Waals surface area (Å²) in [5, 5.41) is 27.7. The number of hydrogen-bond acceptors (Lipinski definition) is 6. The topological polar surface area (TPSA) is 83.0 Å². The zero-order valence-corrected chi connectivity index (χ0v) is 18.9. The normalized spacial score (nSPS) is 12.6. The third kappa shape index (κ3) is 8.48. The lowest BCUT2D eigenvalue weighted by Crippen LogP contribution is -2.26. The Hall–Kier alpha value is -2.64. The molecule has 2 atom stereocenters. The Labute approximate surface area is 197 Å². The van der Waals surface area contributed by atoms with Crippen LogP contribution in [0.5, 0.6) is 11.5 Å². The van der Waals surface area contributed by atoms with Crippen molar-refractivity contribution in [3.05, 3.63) is 82.8 Å². The summed E-state index contributed by atoms with van der Waals surface area (Å²) in [5.41, 5.74) is 1.67. The quantitative estimate of drug-likeness (QED) is 0.303. The Bertz CT molecular complexity index is 894. The molecular formula is C24H26Cl2N2O4. The van der Waals surface area contributed by atoms with Crippen molar-refractivity contribution < 1.29 is 19.7 Å². The minimum Gasteiger partial charge on any atom is -0.491 e. The van der Waals surface area contributed by atoms with Gasteiger partial charge in [-0.05, 0) is 60.7 Å². The summed E-state index contributed by atoms with van der Waals surface area (Å²) < 4.78 is 11.2. The zero-order valence-electron chi connectivity index (χ0n) is 17.4. The molecule has 0 aromatic heterocycles. The summed E-state index contributed by atoms with van der Waals surface area (Å²) in [6.07, 6.45) is -1.38. The van der Waals surface area contributed by atoms with Crippen LogP contribution in [0.3, 0.4) is 0 Å². The lowest BCUT2D eigenvalue weighted by Gasteiger charge is -2.15. The van der Waals surface area contributed by atoms with Crippen molar-refractivity contribution >= 4 is 34.6 Å². The summed E-state index contributed by atoms with van der Waals surface area (Å²) in [4.78, 5) is 0. The first-order valence-electron chi connectivity index (χ1n) is 10.2. The highest BCUT2D eigenvalue weighted by molar-refractivity contribution is 6.31. The predicted molar refractivity (Wildman–Crippen MR) is 129 cm³/mol. The van der Waals surface area contributed by atoms with Gasteiger partial charge in [-0.1, -0.05) is 35.3 Å². The molecule has 8 heteroatoms. The summed E-state index contributed by atoms with van der Waals surface area (Å²) in [6, 6.07) is 21.6. The molecule has 0 spiro atoms. The van der Waals surface area contributed by atoms with E-state index in [0.717, 1.165) is 11.4 Å². The van der Waals surface area contributed by atoms with E-state index >= 15 is 0 Å². The van der Waals surface area contributed by atoms with E-state index in [1.165, 1.54) is 0 Å². The van der Waals surface area contributed by atoms with Crippen LogP contribution in [0.15, 0.2) is 72.8 Å².